The van der Waals surface area contributed by atoms with Gasteiger partial charge in [-0.2, -0.15) is 26.7 Å². The second kappa shape index (κ2) is 21.1. The number of aryl methyl sites for hydroxylation is 2. The minimum Gasteiger partial charge on any atom is -0.423 e. The van der Waals surface area contributed by atoms with Gasteiger partial charge in [0.25, 0.3) is 5.88 Å². The number of aromatic nitrogens is 4. The molecule has 0 aliphatic carbocycles. The molecule has 0 unspecified atom stereocenters. The van der Waals surface area contributed by atoms with E-state index in [1.165, 1.54) is 16.5 Å². The van der Waals surface area contributed by atoms with Gasteiger partial charge in [-0.25, -0.2) is 9.59 Å². The Balaban J connectivity index is 0.000000196. The van der Waals surface area contributed by atoms with Crippen molar-refractivity contribution in [2.45, 2.75) is 52.7 Å². The van der Waals surface area contributed by atoms with E-state index in [2.05, 4.69) is 54.3 Å². The zero-order valence-electron chi connectivity index (χ0n) is 33.6. The molecule has 0 fully saturated rings. The highest BCUT2D eigenvalue weighted by atomic mass is 35.5. The van der Waals surface area contributed by atoms with Crippen LogP contribution >= 0.6 is 23.2 Å². The summed E-state index contributed by atoms with van der Waals surface area (Å²) in [6, 6.07) is 28.2. The van der Waals surface area contributed by atoms with Gasteiger partial charge in [0.15, 0.2) is 0 Å². The van der Waals surface area contributed by atoms with E-state index in [1.807, 2.05) is 43.3 Å². The second-order valence-electron chi connectivity index (χ2n) is 14.3. The van der Waals surface area contributed by atoms with E-state index in [0.717, 1.165) is 34.5 Å². The molecule has 0 bridgehead atoms. The third-order valence-electron chi connectivity index (χ3n) is 9.89. The molecule has 0 saturated carbocycles. The number of halogens is 5. The predicted molar refractivity (Wildman–Crippen MR) is 240 cm³/mol. The van der Waals surface area contributed by atoms with Gasteiger partial charge in [-0.05, 0) is 61.3 Å². The van der Waals surface area contributed by atoms with E-state index in [-0.39, 0.29) is 38.5 Å². The summed E-state index contributed by atoms with van der Waals surface area (Å²) in [6.07, 6.45) is 0.998. The normalized spacial score (nSPS) is 13.1. The lowest BCUT2D eigenvalue weighted by Gasteiger charge is -2.27. The summed E-state index contributed by atoms with van der Waals surface area (Å²) in [7, 11) is -7.21. The molecule has 0 spiro atoms. The first-order valence-electron chi connectivity index (χ1n) is 19.1. The predicted octanol–water partition coefficient (Wildman–Crippen LogP) is 7.82. The Kier molecular flexibility index (Phi) is 16.1. The SMILES string of the molecule is C.Cc1ccccc1-c1n[nH]c2c1CN(C(=O)Nc1cccc(Cl)c1)CC2.Cc1ccccc1B(O)O.O=C(Nc1cccc(Cl)c1)N1CCc2[nH]nc(OS(=O)(=O)C(F)(F)F)c2C1. The smallest absolute Gasteiger partial charge is 0.423 e. The minimum atomic E-state index is -5.86. The molecule has 0 radical (unpaired) electrons. The van der Waals surface area contributed by atoms with Gasteiger partial charge in [0.2, 0.25) is 0 Å². The number of rotatable bonds is 6. The van der Waals surface area contributed by atoms with Crippen LogP contribution < -0.4 is 20.3 Å². The van der Waals surface area contributed by atoms with Crippen molar-refractivity contribution in [1.82, 2.24) is 30.2 Å². The fourth-order valence-corrected chi connectivity index (χ4v) is 7.43. The minimum absolute atomic E-state index is 0. The van der Waals surface area contributed by atoms with Gasteiger partial charge in [0.1, 0.15) is 0 Å². The molecule has 6 N–H and O–H groups in total. The van der Waals surface area contributed by atoms with Gasteiger partial charge in [0, 0.05) is 69.9 Å². The Morgan fingerprint density at radius 3 is 1.75 bits per heavy atom. The topological polar surface area (TPSA) is 206 Å². The highest BCUT2D eigenvalue weighted by Gasteiger charge is 2.49. The number of nitrogens with one attached hydrogen (secondary N) is 4. The Hall–Kier alpha value is -6.06. The molecule has 2 aliphatic heterocycles. The highest BCUT2D eigenvalue weighted by molar-refractivity contribution is 7.88. The number of hydrogen-bond acceptors (Lipinski definition) is 9. The number of carbonyl (C=O) groups excluding carboxylic acids is 2. The van der Waals surface area contributed by atoms with E-state index in [9.17, 15) is 31.2 Å². The fourth-order valence-electron chi connectivity index (χ4n) is 6.61. The Bertz CT molecular complexity index is 2700. The van der Waals surface area contributed by atoms with Gasteiger partial charge in [0.05, 0.1) is 24.3 Å². The maximum Gasteiger partial charge on any atom is 0.534 e. The number of amides is 4. The van der Waals surface area contributed by atoms with Crippen molar-refractivity contribution in [3.63, 3.8) is 0 Å². The van der Waals surface area contributed by atoms with Crippen LogP contribution in [0.5, 0.6) is 5.88 Å². The third kappa shape index (κ3) is 12.1. The first-order chi connectivity index (χ1) is 29.9. The van der Waals surface area contributed by atoms with Crippen molar-refractivity contribution in [2.24, 2.45) is 0 Å². The van der Waals surface area contributed by atoms with E-state index in [0.29, 0.717) is 45.7 Å². The first kappa shape index (κ1) is 49.0. The van der Waals surface area contributed by atoms with Crippen molar-refractivity contribution < 1.29 is 45.4 Å². The van der Waals surface area contributed by atoms with Crippen LogP contribution in [-0.4, -0.2) is 86.4 Å². The van der Waals surface area contributed by atoms with Crippen molar-refractivity contribution in [3.8, 4) is 17.1 Å². The van der Waals surface area contributed by atoms with E-state index in [1.54, 1.807) is 47.4 Å². The van der Waals surface area contributed by atoms with Crippen LogP contribution in [0.25, 0.3) is 11.3 Å². The molecule has 6 aromatic rings. The van der Waals surface area contributed by atoms with Crippen molar-refractivity contribution in [1.29, 1.82) is 0 Å². The van der Waals surface area contributed by atoms with E-state index < -0.39 is 34.7 Å². The summed E-state index contributed by atoms with van der Waals surface area (Å²) in [5.74, 6) is -0.734. The maximum absolute atomic E-state index is 12.7. The molecule has 4 heterocycles. The van der Waals surface area contributed by atoms with Gasteiger partial charge in [-0.1, -0.05) is 96.9 Å². The molecule has 2 aromatic heterocycles. The molecule has 8 rings (SSSR count). The lowest BCUT2D eigenvalue weighted by atomic mass is 9.77. The summed E-state index contributed by atoms with van der Waals surface area (Å²) in [6.45, 7) is 5.16. The summed E-state index contributed by atoms with van der Waals surface area (Å²) in [5, 5.41) is 37.6. The second-order valence-corrected chi connectivity index (χ2v) is 16.7. The van der Waals surface area contributed by atoms with Crippen LogP contribution in [0.4, 0.5) is 34.1 Å². The number of carbonyl (C=O) groups is 2. The number of aromatic amines is 2. The van der Waals surface area contributed by atoms with Crippen LogP contribution in [0.2, 0.25) is 10.0 Å². The summed E-state index contributed by atoms with van der Waals surface area (Å²) in [5.41, 5.74) is 2.87. The molecule has 4 aromatic carbocycles. The van der Waals surface area contributed by atoms with Crippen molar-refractivity contribution >= 4 is 69.3 Å². The van der Waals surface area contributed by atoms with Gasteiger partial charge in [-0.15, -0.1) is 5.10 Å². The number of urea groups is 2. The maximum atomic E-state index is 12.7. The number of hydrogen-bond donors (Lipinski definition) is 6. The molecule has 15 nitrogen and oxygen atoms in total. The average Bonchev–Trinajstić information content (AvgIpc) is 3.84. The number of anilines is 2. The number of fused-ring (bicyclic) bond motifs is 2. The molecule has 22 heteroatoms. The molecular weight excluding hydrogens is 899 g/mol. The van der Waals surface area contributed by atoms with E-state index in [4.69, 9.17) is 33.2 Å². The average molecular weight is 944 g/mol. The van der Waals surface area contributed by atoms with Crippen LogP contribution in [0.1, 0.15) is 41.1 Å². The van der Waals surface area contributed by atoms with Crippen LogP contribution in [0, 0.1) is 13.8 Å². The lowest BCUT2D eigenvalue weighted by Crippen LogP contribution is -2.39. The van der Waals surface area contributed by atoms with Crippen LogP contribution in [-0.2, 0) is 36.0 Å². The summed E-state index contributed by atoms with van der Waals surface area (Å²) in [4.78, 5) is 28.1. The Labute approximate surface area is 377 Å². The lowest BCUT2D eigenvalue weighted by molar-refractivity contribution is -0.0501. The molecule has 64 heavy (non-hydrogen) atoms. The zero-order chi connectivity index (χ0) is 45.5. The van der Waals surface area contributed by atoms with Crippen LogP contribution in [0.15, 0.2) is 97.1 Å². The van der Waals surface area contributed by atoms with Crippen LogP contribution in [0.3, 0.4) is 0 Å². The van der Waals surface area contributed by atoms with Gasteiger partial charge in [-0.3, -0.25) is 10.2 Å². The molecular formula is C42H44BCl2F3N8O7S. The fraction of sp³-hybridized carbons (Fsp3) is 0.238. The molecule has 338 valence electrons. The Morgan fingerprint density at radius 2 is 1.25 bits per heavy atom. The number of benzene rings is 4. The zero-order valence-corrected chi connectivity index (χ0v) is 35.9. The molecule has 0 atom stereocenters. The molecule has 4 amide bonds. The van der Waals surface area contributed by atoms with Crippen molar-refractivity contribution in [2.75, 3.05) is 23.7 Å². The van der Waals surface area contributed by atoms with E-state index >= 15 is 0 Å². The highest BCUT2D eigenvalue weighted by Crippen LogP contribution is 2.33. The monoisotopic (exact) mass is 942 g/mol. The molecule has 0 saturated heterocycles. The Morgan fingerprint density at radius 1 is 0.750 bits per heavy atom. The number of alkyl halides is 3. The first-order valence-corrected chi connectivity index (χ1v) is 21.3. The molecule has 2 aliphatic rings. The summed E-state index contributed by atoms with van der Waals surface area (Å²) < 4.78 is 64.0. The van der Waals surface area contributed by atoms with Gasteiger partial charge < -0.3 is 34.7 Å². The summed E-state index contributed by atoms with van der Waals surface area (Å²) >= 11 is 11.8. The number of H-pyrrole nitrogens is 2. The van der Waals surface area contributed by atoms with Crippen molar-refractivity contribution in [3.05, 3.63) is 141 Å². The largest absolute Gasteiger partial charge is 0.534 e. The van der Waals surface area contributed by atoms with Gasteiger partial charge >= 0.3 is 34.8 Å². The third-order valence-corrected chi connectivity index (χ3v) is 11.3. The standard InChI is InChI=1S/C20H19ClN4O.C14H12ClF3N4O4S.C7H9BO2.CH4/c1-13-5-2-3-8-16(13)19-17-12-25(10-9-18(17)23-24-19)20(26)22-15-7-4-6-14(21)11-15;15-8-2-1-3-9(6-8)19-13(23)22-5-4-11-10(7-22)12(21-20-11)26-27(24,25)14(16,17)18;1-6-4-2-3-5-7(6)8(9)10;/h2-8,11H,9-10,12H2,1H3,(H,22,26)(H,23,24);1-3,6H,4-5,7H2,(H,19,23)(H,20,21);2-5,9-10H,1H3;1H4. The quantitative estimate of drug-likeness (QED) is 0.0546. The number of nitrogens with zero attached hydrogens (tertiary/aromatic N) is 4.